The lowest BCUT2D eigenvalue weighted by Crippen LogP contribution is -2.15. The highest BCUT2D eigenvalue weighted by Gasteiger charge is 2.19. The quantitative estimate of drug-likeness (QED) is 0.797. The Morgan fingerprint density at radius 3 is 2.93 bits per heavy atom. The van der Waals surface area contributed by atoms with E-state index in [2.05, 4.69) is 22.1 Å². The number of nitrogens with zero attached hydrogens (tertiary/aromatic N) is 2. The van der Waals surface area contributed by atoms with Gasteiger partial charge in [-0.05, 0) is 19.3 Å². The van der Waals surface area contributed by atoms with Gasteiger partial charge >= 0.3 is 0 Å². The molecule has 0 aliphatic carbocycles. The average Bonchev–Trinajstić information content (AvgIpc) is 2.68. The molecule has 1 aliphatic heterocycles. The van der Waals surface area contributed by atoms with Gasteiger partial charge in [-0.3, -0.25) is 5.10 Å². The summed E-state index contributed by atoms with van der Waals surface area (Å²) in [4.78, 5) is 4.50. The number of hydrogen-bond acceptors (Lipinski definition) is 3. The molecular formula is C10H17N3O. The topological polar surface area (TPSA) is 50.8 Å². The van der Waals surface area contributed by atoms with Crippen LogP contribution in [0, 0.1) is 0 Å². The lowest BCUT2D eigenvalue weighted by Gasteiger charge is -2.18. The first-order valence-corrected chi connectivity index (χ1v) is 5.39. The van der Waals surface area contributed by atoms with E-state index in [1.54, 1.807) is 0 Å². The maximum atomic E-state index is 5.31. The predicted molar refractivity (Wildman–Crippen MR) is 53.2 cm³/mol. The Kier molecular flexibility index (Phi) is 3.14. The SMILES string of the molecule is CCCc1nc(C2CCOCC2)n[nH]1. The van der Waals surface area contributed by atoms with Crippen LogP contribution in [0.25, 0.3) is 0 Å². The molecule has 2 rings (SSSR count). The molecule has 0 radical (unpaired) electrons. The molecule has 4 nitrogen and oxygen atoms in total. The highest BCUT2D eigenvalue weighted by atomic mass is 16.5. The zero-order chi connectivity index (χ0) is 9.80. The van der Waals surface area contributed by atoms with Crippen molar-refractivity contribution in [3.63, 3.8) is 0 Å². The van der Waals surface area contributed by atoms with E-state index in [1.165, 1.54) is 0 Å². The smallest absolute Gasteiger partial charge is 0.153 e. The number of H-pyrrole nitrogens is 1. The van der Waals surface area contributed by atoms with E-state index in [-0.39, 0.29) is 0 Å². The molecule has 1 aromatic rings. The highest BCUT2D eigenvalue weighted by molar-refractivity contribution is 4.98. The minimum absolute atomic E-state index is 0.505. The first kappa shape index (κ1) is 9.65. The molecule has 2 heterocycles. The van der Waals surface area contributed by atoms with Crippen LogP contribution in [0.1, 0.15) is 43.8 Å². The van der Waals surface area contributed by atoms with Crippen LogP contribution in [0.3, 0.4) is 0 Å². The van der Waals surface area contributed by atoms with E-state index in [9.17, 15) is 0 Å². The third-order valence-corrected chi connectivity index (χ3v) is 2.62. The molecule has 0 unspecified atom stereocenters. The fourth-order valence-corrected chi connectivity index (χ4v) is 1.80. The lowest BCUT2D eigenvalue weighted by atomic mass is 10.00. The second-order valence-electron chi connectivity index (χ2n) is 3.78. The molecule has 0 bridgehead atoms. The zero-order valence-electron chi connectivity index (χ0n) is 8.62. The summed E-state index contributed by atoms with van der Waals surface area (Å²) in [6, 6.07) is 0. The minimum Gasteiger partial charge on any atom is -0.381 e. The van der Waals surface area contributed by atoms with Gasteiger partial charge < -0.3 is 4.74 Å². The summed E-state index contributed by atoms with van der Waals surface area (Å²) in [5.74, 6) is 2.51. The maximum absolute atomic E-state index is 5.31. The van der Waals surface area contributed by atoms with Gasteiger partial charge in [0, 0.05) is 25.6 Å². The molecule has 1 fully saturated rings. The summed E-state index contributed by atoms with van der Waals surface area (Å²) < 4.78 is 5.31. The van der Waals surface area contributed by atoms with Gasteiger partial charge in [0.2, 0.25) is 0 Å². The van der Waals surface area contributed by atoms with Gasteiger partial charge in [-0.2, -0.15) is 5.10 Å². The number of ether oxygens (including phenoxy) is 1. The van der Waals surface area contributed by atoms with Gasteiger partial charge in [-0.1, -0.05) is 6.92 Å². The van der Waals surface area contributed by atoms with Crippen molar-refractivity contribution in [2.24, 2.45) is 0 Å². The van der Waals surface area contributed by atoms with Crippen LogP contribution in [0.5, 0.6) is 0 Å². The summed E-state index contributed by atoms with van der Waals surface area (Å²) in [5, 5.41) is 7.27. The molecule has 1 saturated heterocycles. The Morgan fingerprint density at radius 2 is 2.21 bits per heavy atom. The molecule has 0 saturated carbocycles. The van der Waals surface area contributed by atoms with Gasteiger partial charge in [0.15, 0.2) is 5.82 Å². The van der Waals surface area contributed by atoms with Crippen LogP contribution in [-0.2, 0) is 11.2 Å². The number of hydrogen-bond donors (Lipinski definition) is 1. The molecule has 0 atom stereocenters. The van der Waals surface area contributed by atoms with Crippen molar-refractivity contribution >= 4 is 0 Å². The third-order valence-electron chi connectivity index (χ3n) is 2.62. The van der Waals surface area contributed by atoms with E-state index in [0.29, 0.717) is 5.92 Å². The Morgan fingerprint density at radius 1 is 1.43 bits per heavy atom. The van der Waals surface area contributed by atoms with E-state index < -0.39 is 0 Å². The minimum atomic E-state index is 0.505. The van der Waals surface area contributed by atoms with Gasteiger partial charge in [0.25, 0.3) is 0 Å². The molecule has 0 amide bonds. The summed E-state index contributed by atoms with van der Waals surface area (Å²) in [6.07, 6.45) is 4.23. The maximum Gasteiger partial charge on any atom is 0.153 e. The third kappa shape index (κ3) is 2.12. The van der Waals surface area contributed by atoms with Crippen LogP contribution in [0.2, 0.25) is 0 Å². The van der Waals surface area contributed by atoms with Crippen LogP contribution in [0.4, 0.5) is 0 Å². The molecule has 14 heavy (non-hydrogen) atoms. The largest absolute Gasteiger partial charge is 0.381 e. The summed E-state index contributed by atoms with van der Waals surface area (Å²) in [7, 11) is 0. The zero-order valence-corrected chi connectivity index (χ0v) is 8.62. The number of aromatic amines is 1. The first-order chi connectivity index (χ1) is 6.90. The second kappa shape index (κ2) is 4.55. The Balaban J connectivity index is 2.00. The molecule has 1 aromatic heterocycles. The summed E-state index contributed by atoms with van der Waals surface area (Å²) in [6.45, 7) is 3.85. The number of aromatic nitrogens is 3. The van der Waals surface area contributed by atoms with Crippen molar-refractivity contribution in [1.29, 1.82) is 0 Å². The van der Waals surface area contributed by atoms with Crippen LogP contribution in [0.15, 0.2) is 0 Å². The lowest BCUT2D eigenvalue weighted by molar-refractivity contribution is 0.0836. The molecular weight excluding hydrogens is 178 g/mol. The van der Waals surface area contributed by atoms with Gasteiger partial charge in [-0.25, -0.2) is 4.98 Å². The van der Waals surface area contributed by atoms with Crippen molar-refractivity contribution < 1.29 is 4.74 Å². The van der Waals surface area contributed by atoms with Crippen molar-refractivity contribution in [2.75, 3.05) is 13.2 Å². The van der Waals surface area contributed by atoms with Gasteiger partial charge in [-0.15, -0.1) is 0 Å². The standard InChI is InChI=1S/C10H17N3O/c1-2-3-9-11-10(13-12-9)8-4-6-14-7-5-8/h8H,2-7H2,1H3,(H,11,12,13). The molecule has 0 spiro atoms. The van der Waals surface area contributed by atoms with Crippen molar-refractivity contribution in [3.05, 3.63) is 11.6 Å². The molecule has 1 N–H and O–H groups in total. The van der Waals surface area contributed by atoms with Crippen LogP contribution < -0.4 is 0 Å². The Bertz CT molecular complexity index is 279. The van der Waals surface area contributed by atoms with E-state index >= 15 is 0 Å². The Labute approximate surface area is 84.1 Å². The van der Waals surface area contributed by atoms with Crippen molar-refractivity contribution in [1.82, 2.24) is 15.2 Å². The predicted octanol–water partition coefficient (Wildman–Crippen LogP) is 1.65. The van der Waals surface area contributed by atoms with Crippen molar-refractivity contribution in [3.8, 4) is 0 Å². The monoisotopic (exact) mass is 195 g/mol. The Hall–Kier alpha value is -0.900. The molecule has 78 valence electrons. The van der Waals surface area contributed by atoms with Gasteiger partial charge in [0.05, 0.1) is 0 Å². The summed E-state index contributed by atoms with van der Waals surface area (Å²) >= 11 is 0. The summed E-state index contributed by atoms with van der Waals surface area (Å²) in [5.41, 5.74) is 0. The second-order valence-corrected chi connectivity index (χ2v) is 3.78. The first-order valence-electron chi connectivity index (χ1n) is 5.39. The van der Waals surface area contributed by atoms with Gasteiger partial charge in [0.1, 0.15) is 5.82 Å². The van der Waals surface area contributed by atoms with E-state index in [0.717, 1.165) is 50.5 Å². The normalized spacial score (nSPS) is 18.6. The van der Waals surface area contributed by atoms with E-state index in [1.807, 2.05) is 0 Å². The van der Waals surface area contributed by atoms with Crippen LogP contribution in [-0.4, -0.2) is 28.4 Å². The fraction of sp³-hybridized carbons (Fsp3) is 0.800. The molecule has 0 aromatic carbocycles. The number of rotatable bonds is 3. The van der Waals surface area contributed by atoms with E-state index in [4.69, 9.17) is 4.74 Å². The van der Waals surface area contributed by atoms with Crippen LogP contribution >= 0.6 is 0 Å². The van der Waals surface area contributed by atoms with Crippen molar-refractivity contribution in [2.45, 2.75) is 38.5 Å². The molecule has 4 heteroatoms. The molecule has 1 aliphatic rings. The number of nitrogens with one attached hydrogen (secondary N) is 1. The highest BCUT2D eigenvalue weighted by Crippen LogP contribution is 2.23. The fourth-order valence-electron chi connectivity index (χ4n) is 1.80. The number of aryl methyl sites for hydroxylation is 1. The average molecular weight is 195 g/mol.